The van der Waals surface area contributed by atoms with Gasteiger partial charge in [-0.1, -0.05) is 18.2 Å². The lowest BCUT2D eigenvalue weighted by Crippen LogP contribution is -2.16. The van der Waals surface area contributed by atoms with Crippen LogP contribution >= 0.6 is 0 Å². The lowest BCUT2D eigenvalue weighted by Gasteiger charge is -2.10. The number of aromatic nitrogens is 2. The monoisotopic (exact) mass is 380 g/mol. The Morgan fingerprint density at radius 1 is 1.04 bits per heavy atom. The Kier molecular flexibility index (Phi) is 6.06. The van der Waals surface area contributed by atoms with E-state index in [4.69, 9.17) is 14.2 Å². The van der Waals surface area contributed by atoms with E-state index in [1.54, 1.807) is 35.3 Å². The van der Waals surface area contributed by atoms with Crippen molar-refractivity contribution in [1.82, 2.24) is 9.78 Å². The standard InChI is InChI=1S/C21H20N2O5/c1-26-17-8-9-20(27-2)18(11-17)19(24)14-28-21(25)10-15-12-22-23(13-15)16-6-4-3-5-7-16/h3-9,11-13H,10,14H2,1-2H3. The minimum Gasteiger partial charge on any atom is -0.497 e. The summed E-state index contributed by atoms with van der Waals surface area (Å²) < 4.78 is 17.1. The van der Waals surface area contributed by atoms with Crippen molar-refractivity contribution in [2.45, 2.75) is 6.42 Å². The van der Waals surface area contributed by atoms with Gasteiger partial charge >= 0.3 is 5.97 Å². The Bertz CT molecular complexity index is 966. The molecule has 144 valence electrons. The highest BCUT2D eigenvalue weighted by Gasteiger charge is 2.16. The van der Waals surface area contributed by atoms with Crippen LogP contribution in [0.15, 0.2) is 60.9 Å². The highest BCUT2D eigenvalue weighted by molar-refractivity contribution is 6.00. The smallest absolute Gasteiger partial charge is 0.310 e. The topological polar surface area (TPSA) is 79.7 Å². The number of benzene rings is 2. The van der Waals surface area contributed by atoms with Gasteiger partial charge in [-0.05, 0) is 30.3 Å². The number of Topliss-reactive ketones (excluding diaryl/α,β-unsaturated/α-hetero) is 1. The average Bonchev–Trinajstić information content (AvgIpc) is 3.20. The van der Waals surface area contributed by atoms with Gasteiger partial charge in [-0.15, -0.1) is 0 Å². The first-order valence-corrected chi connectivity index (χ1v) is 8.60. The maximum absolute atomic E-state index is 12.4. The first-order chi connectivity index (χ1) is 13.6. The fraction of sp³-hybridized carbons (Fsp3) is 0.190. The molecule has 0 radical (unpaired) electrons. The fourth-order valence-corrected chi connectivity index (χ4v) is 2.65. The van der Waals surface area contributed by atoms with Crippen LogP contribution in [0.5, 0.6) is 11.5 Å². The van der Waals surface area contributed by atoms with Crippen LogP contribution < -0.4 is 9.47 Å². The summed E-state index contributed by atoms with van der Waals surface area (Å²) in [5, 5.41) is 4.24. The van der Waals surface area contributed by atoms with Gasteiger partial charge in [-0.25, -0.2) is 4.68 Å². The van der Waals surface area contributed by atoms with Crippen molar-refractivity contribution in [3.05, 3.63) is 72.1 Å². The van der Waals surface area contributed by atoms with E-state index in [0.29, 0.717) is 22.6 Å². The third-order valence-corrected chi connectivity index (χ3v) is 4.08. The predicted octanol–water partition coefficient (Wildman–Crippen LogP) is 2.86. The number of methoxy groups -OCH3 is 2. The molecule has 0 unspecified atom stereocenters. The molecule has 0 N–H and O–H groups in total. The Balaban J connectivity index is 1.59. The van der Waals surface area contributed by atoms with Crippen LogP contribution in [0.4, 0.5) is 0 Å². The minimum atomic E-state index is -0.511. The average molecular weight is 380 g/mol. The Morgan fingerprint density at radius 3 is 2.54 bits per heavy atom. The van der Waals surface area contributed by atoms with E-state index in [-0.39, 0.29) is 18.8 Å². The summed E-state index contributed by atoms with van der Waals surface area (Å²) in [5.74, 6) is 0.0293. The van der Waals surface area contributed by atoms with Gasteiger partial charge in [0.1, 0.15) is 11.5 Å². The number of hydrogen-bond donors (Lipinski definition) is 0. The maximum Gasteiger partial charge on any atom is 0.310 e. The Hall–Kier alpha value is -3.61. The molecule has 0 aliphatic heterocycles. The molecular formula is C21H20N2O5. The maximum atomic E-state index is 12.4. The minimum absolute atomic E-state index is 0.0232. The van der Waals surface area contributed by atoms with Gasteiger partial charge in [-0.2, -0.15) is 5.10 Å². The predicted molar refractivity (Wildman–Crippen MR) is 102 cm³/mol. The SMILES string of the molecule is COc1ccc(OC)c(C(=O)COC(=O)Cc2cnn(-c3ccccc3)c2)c1. The van der Waals surface area contributed by atoms with Crippen molar-refractivity contribution in [2.75, 3.05) is 20.8 Å². The lowest BCUT2D eigenvalue weighted by atomic mass is 10.1. The molecule has 7 nitrogen and oxygen atoms in total. The normalized spacial score (nSPS) is 10.4. The number of nitrogens with zero attached hydrogens (tertiary/aromatic N) is 2. The number of esters is 1. The molecule has 3 aromatic rings. The number of para-hydroxylation sites is 1. The van der Waals surface area contributed by atoms with Gasteiger partial charge in [0.25, 0.3) is 0 Å². The summed E-state index contributed by atoms with van der Waals surface area (Å²) in [5.41, 5.74) is 1.88. The van der Waals surface area contributed by atoms with E-state index in [0.717, 1.165) is 5.69 Å². The zero-order valence-electron chi connectivity index (χ0n) is 15.6. The van der Waals surface area contributed by atoms with Gasteiger partial charge in [0.15, 0.2) is 6.61 Å². The number of ketones is 1. The second kappa shape index (κ2) is 8.85. The molecule has 1 heterocycles. The highest BCUT2D eigenvalue weighted by atomic mass is 16.5. The van der Waals surface area contributed by atoms with Crippen molar-refractivity contribution in [2.24, 2.45) is 0 Å². The summed E-state index contributed by atoms with van der Waals surface area (Å²) in [7, 11) is 2.97. The van der Waals surface area contributed by atoms with E-state index in [1.165, 1.54) is 14.2 Å². The number of hydrogen-bond acceptors (Lipinski definition) is 6. The van der Waals surface area contributed by atoms with Crippen molar-refractivity contribution >= 4 is 11.8 Å². The molecule has 0 bridgehead atoms. The molecular weight excluding hydrogens is 360 g/mol. The van der Waals surface area contributed by atoms with Gasteiger partial charge in [0.2, 0.25) is 5.78 Å². The molecule has 28 heavy (non-hydrogen) atoms. The van der Waals surface area contributed by atoms with Crippen molar-refractivity contribution in [3.63, 3.8) is 0 Å². The van der Waals surface area contributed by atoms with Crippen LogP contribution in [0.2, 0.25) is 0 Å². The van der Waals surface area contributed by atoms with Gasteiger partial charge in [0.05, 0.1) is 38.1 Å². The number of carbonyl (C=O) groups is 2. The summed E-state index contributed by atoms with van der Waals surface area (Å²) in [6, 6.07) is 14.4. The van der Waals surface area contributed by atoms with Crippen molar-refractivity contribution in [1.29, 1.82) is 0 Å². The number of rotatable bonds is 8. The zero-order chi connectivity index (χ0) is 19.9. The van der Waals surface area contributed by atoms with Crippen LogP contribution in [-0.2, 0) is 16.0 Å². The van der Waals surface area contributed by atoms with E-state index < -0.39 is 5.97 Å². The molecule has 7 heteroatoms. The molecule has 0 spiro atoms. The molecule has 0 aliphatic carbocycles. The molecule has 0 amide bonds. The number of carbonyl (C=O) groups excluding carboxylic acids is 2. The largest absolute Gasteiger partial charge is 0.497 e. The van der Waals surface area contributed by atoms with E-state index >= 15 is 0 Å². The molecule has 2 aromatic carbocycles. The van der Waals surface area contributed by atoms with E-state index in [9.17, 15) is 9.59 Å². The van der Waals surface area contributed by atoms with E-state index in [1.807, 2.05) is 30.3 Å². The van der Waals surface area contributed by atoms with Crippen LogP contribution in [0.3, 0.4) is 0 Å². The Morgan fingerprint density at radius 2 is 1.82 bits per heavy atom. The van der Waals surface area contributed by atoms with Gasteiger partial charge in [-0.3, -0.25) is 9.59 Å². The molecule has 0 saturated heterocycles. The molecule has 0 aliphatic rings. The zero-order valence-corrected chi connectivity index (χ0v) is 15.6. The molecule has 1 aromatic heterocycles. The fourth-order valence-electron chi connectivity index (χ4n) is 2.65. The van der Waals surface area contributed by atoms with Crippen molar-refractivity contribution < 1.29 is 23.8 Å². The molecule has 3 rings (SSSR count). The summed E-state index contributed by atoms with van der Waals surface area (Å²) >= 11 is 0. The second-order valence-corrected chi connectivity index (χ2v) is 5.96. The summed E-state index contributed by atoms with van der Waals surface area (Å²) in [4.78, 5) is 24.5. The first kappa shape index (κ1) is 19.2. The second-order valence-electron chi connectivity index (χ2n) is 5.96. The quantitative estimate of drug-likeness (QED) is 0.442. The van der Waals surface area contributed by atoms with Crippen LogP contribution in [0.1, 0.15) is 15.9 Å². The van der Waals surface area contributed by atoms with Gasteiger partial charge < -0.3 is 14.2 Å². The van der Waals surface area contributed by atoms with Crippen molar-refractivity contribution in [3.8, 4) is 17.2 Å². The first-order valence-electron chi connectivity index (χ1n) is 8.60. The third-order valence-electron chi connectivity index (χ3n) is 4.08. The molecule has 0 fully saturated rings. The molecule has 0 atom stereocenters. The van der Waals surface area contributed by atoms with Crippen LogP contribution in [-0.4, -0.2) is 42.4 Å². The lowest BCUT2D eigenvalue weighted by molar-refractivity contribution is -0.141. The Labute approximate surface area is 162 Å². The highest BCUT2D eigenvalue weighted by Crippen LogP contribution is 2.24. The van der Waals surface area contributed by atoms with Crippen LogP contribution in [0.25, 0.3) is 5.69 Å². The summed E-state index contributed by atoms with van der Waals surface area (Å²) in [6.07, 6.45) is 3.38. The molecule has 0 saturated carbocycles. The van der Waals surface area contributed by atoms with E-state index in [2.05, 4.69) is 5.10 Å². The summed E-state index contributed by atoms with van der Waals surface area (Å²) in [6.45, 7) is -0.380. The third kappa shape index (κ3) is 4.56. The van der Waals surface area contributed by atoms with Gasteiger partial charge in [0, 0.05) is 11.8 Å². The number of ether oxygens (including phenoxy) is 3. The van der Waals surface area contributed by atoms with Crippen LogP contribution in [0, 0.1) is 0 Å².